The quantitative estimate of drug-likeness (QED) is 0.739. The van der Waals surface area contributed by atoms with Gasteiger partial charge in [-0.3, -0.25) is 9.59 Å². The normalized spacial score (nSPS) is 36.8. The lowest BCUT2D eigenvalue weighted by Crippen LogP contribution is -2.53. The van der Waals surface area contributed by atoms with Gasteiger partial charge in [0.05, 0.1) is 12.7 Å². The summed E-state index contributed by atoms with van der Waals surface area (Å²) in [5, 5.41) is 0. The van der Waals surface area contributed by atoms with Crippen molar-refractivity contribution in [2.24, 2.45) is 0 Å². The van der Waals surface area contributed by atoms with Crippen LogP contribution in [0.2, 0.25) is 0 Å². The lowest BCUT2D eigenvalue weighted by atomic mass is 9.94. The Kier molecular flexibility index (Phi) is 4.52. The van der Waals surface area contributed by atoms with Gasteiger partial charge in [-0.25, -0.2) is 0 Å². The first-order valence-corrected chi connectivity index (χ1v) is 8.13. The molecule has 1 aliphatic carbocycles. The monoisotopic (exact) mass is 312 g/mol. The number of carbonyl (C=O) groups is 2. The molecule has 6 nitrogen and oxygen atoms in total. The third-order valence-electron chi connectivity index (χ3n) is 4.65. The summed E-state index contributed by atoms with van der Waals surface area (Å²) in [6.45, 7) is 3.17. The first-order chi connectivity index (χ1) is 10.5. The molecule has 2 saturated heterocycles. The Hall–Kier alpha value is -0.980. The summed E-state index contributed by atoms with van der Waals surface area (Å²) in [6.07, 6.45) is 3.82. The number of hydrogen-bond donors (Lipinski definition) is 0. The van der Waals surface area contributed by atoms with Gasteiger partial charge >= 0.3 is 5.97 Å². The van der Waals surface area contributed by atoms with Gasteiger partial charge in [-0.15, -0.1) is 0 Å². The van der Waals surface area contributed by atoms with Crippen LogP contribution in [0.1, 0.15) is 52.4 Å². The van der Waals surface area contributed by atoms with Gasteiger partial charge in [0.25, 0.3) is 0 Å². The Labute approximate surface area is 130 Å². The van der Waals surface area contributed by atoms with Crippen molar-refractivity contribution in [3.05, 3.63) is 0 Å². The molecule has 2 heterocycles. The van der Waals surface area contributed by atoms with E-state index in [1.807, 2.05) is 0 Å². The molecule has 0 radical (unpaired) electrons. The molecule has 0 aromatic rings. The van der Waals surface area contributed by atoms with E-state index in [4.69, 9.17) is 18.9 Å². The van der Waals surface area contributed by atoms with E-state index in [-0.39, 0.29) is 36.7 Å². The highest BCUT2D eigenvalue weighted by Crippen LogP contribution is 2.44. The fraction of sp³-hybridized carbons (Fsp3) is 0.875. The maximum Gasteiger partial charge on any atom is 0.303 e. The number of ketones is 1. The number of carbonyl (C=O) groups excluding carboxylic acids is 2. The largest absolute Gasteiger partial charge is 0.457 e. The SMILES string of the molecule is CC(=O)C[C@@H]1OC[C@H](OC(C)=O)[C@H]2OC3(CCCCC3)O[C@H]21. The van der Waals surface area contributed by atoms with Crippen LogP contribution in [0.5, 0.6) is 0 Å². The molecular formula is C16H24O6. The summed E-state index contributed by atoms with van der Waals surface area (Å²) in [5.41, 5.74) is 0. The minimum atomic E-state index is -0.589. The molecule has 3 rings (SSSR count). The third kappa shape index (κ3) is 3.19. The van der Waals surface area contributed by atoms with E-state index in [1.165, 1.54) is 13.3 Å². The lowest BCUT2D eigenvalue weighted by Gasteiger charge is -2.36. The second-order valence-electron chi connectivity index (χ2n) is 6.56. The molecule has 0 aromatic heterocycles. The molecule has 0 unspecified atom stereocenters. The van der Waals surface area contributed by atoms with Crippen molar-refractivity contribution in [2.45, 2.75) is 82.6 Å². The summed E-state index contributed by atoms with van der Waals surface area (Å²) in [4.78, 5) is 22.8. The Morgan fingerprint density at radius 3 is 2.41 bits per heavy atom. The van der Waals surface area contributed by atoms with Crippen molar-refractivity contribution >= 4 is 11.8 Å². The van der Waals surface area contributed by atoms with Gasteiger partial charge in [-0.05, 0) is 19.8 Å². The van der Waals surface area contributed by atoms with Crippen molar-refractivity contribution in [2.75, 3.05) is 6.61 Å². The zero-order chi connectivity index (χ0) is 15.7. The van der Waals surface area contributed by atoms with Gasteiger partial charge in [0.1, 0.15) is 18.0 Å². The zero-order valence-electron chi connectivity index (χ0n) is 13.2. The number of esters is 1. The highest BCUT2D eigenvalue weighted by atomic mass is 16.8. The average molecular weight is 312 g/mol. The summed E-state index contributed by atoms with van der Waals surface area (Å²) in [7, 11) is 0. The van der Waals surface area contributed by atoms with Crippen LogP contribution in [0.15, 0.2) is 0 Å². The molecule has 1 spiro atoms. The summed E-state index contributed by atoms with van der Waals surface area (Å²) in [6, 6.07) is 0. The molecule has 3 fully saturated rings. The summed E-state index contributed by atoms with van der Waals surface area (Å²) in [5.74, 6) is -0.886. The molecule has 2 aliphatic heterocycles. The molecule has 124 valence electrons. The lowest BCUT2D eigenvalue weighted by molar-refractivity contribution is -0.201. The van der Waals surface area contributed by atoms with E-state index in [0.29, 0.717) is 6.42 Å². The van der Waals surface area contributed by atoms with Crippen LogP contribution in [0.4, 0.5) is 0 Å². The molecule has 3 aliphatic rings. The van der Waals surface area contributed by atoms with E-state index in [0.717, 1.165) is 25.7 Å². The Bertz CT molecular complexity index is 408. The molecule has 0 bridgehead atoms. The van der Waals surface area contributed by atoms with Crippen molar-refractivity contribution in [1.82, 2.24) is 0 Å². The molecule has 4 atom stereocenters. The van der Waals surface area contributed by atoms with Gasteiger partial charge in [0.2, 0.25) is 0 Å². The Morgan fingerprint density at radius 2 is 1.77 bits per heavy atom. The first kappa shape index (κ1) is 15.9. The van der Waals surface area contributed by atoms with Gasteiger partial charge in [0.15, 0.2) is 11.9 Å². The van der Waals surface area contributed by atoms with E-state index in [1.54, 1.807) is 6.92 Å². The van der Waals surface area contributed by atoms with Crippen molar-refractivity contribution < 1.29 is 28.5 Å². The van der Waals surface area contributed by atoms with E-state index in [9.17, 15) is 9.59 Å². The molecule has 6 heteroatoms. The number of fused-ring (bicyclic) bond motifs is 1. The van der Waals surface area contributed by atoms with Gasteiger partial charge < -0.3 is 18.9 Å². The minimum absolute atomic E-state index is 0.0582. The fourth-order valence-electron chi connectivity index (χ4n) is 3.74. The fourth-order valence-corrected chi connectivity index (χ4v) is 3.74. The van der Waals surface area contributed by atoms with Gasteiger partial charge in [-0.1, -0.05) is 6.42 Å². The molecule has 1 saturated carbocycles. The van der Waals surface area contributed by atoms with Crippen molar-refractivity contribution in [1.29, 1.82) is 0 Å². The van der Waals surface area contributed by atoms with E-state index >= 15 is 0 Å². The maximum atomic E-state index is 11.5. The Balaban J connectivity index is 1.78. The van der Waals surface area contributed by atoms with Crippen LogP contribution < -0.4 is 0 Å². The molecule has 22 heavy (non-hydrogen) atoms. The number of Topliss-reactive ketones (excluding diaryl/α,β-unsaturated/α-hetero) is 1. The molecular weight excluding hydrogens is 288 g/mol. The third-order valence-corrected chi connectivity index (χ3v) is 4.65. The average Bonchev–Trinajstić information content (AvgIpc) is 2.81. The Morgan fingerprint density at radius 1 is 1.09 bits per heavy atom. The van der Waals surface area contributed by atoms with Crippen LogP contribution in [0.3, 0.4) is 0 Å². The van der Waals surface area contributed by atoms with Gasteiger partial charge in [-0.2, -0.15) is 0 Å². The van der Waals surface area contributed by atoms with E-state index < -0.39 is 11.9 Å². The van der Waals surface area contributed by atoms with Crippen LogP contribution in [0, 0.1) is 0 Å². The highest BCUT2D eigenvalue weighted by Gasteiger charge is 2.56. The second kappa shape index (κ2) is 6.26. The molecule has 0 aromatic carbocycles. The predicted molar refractivity (Wildman–Crippen MR) is 76.2 cm³/mol. The number of hydrogen-bond acceptors (Lipinski definition) is 6. The minimum Gasteiger partial charge on any atom is -0.457 e. The summed E-state index contributed by atoms with van der Waals surface area (Å²) >= 11 is 0. The van der Waals surface area contributed by atoms with Crippen LogP contribution in [0.25, 0.3) is 0 Å². The number of rotatable bonds is 3. The zero-order valence-corrected chi connectivity index (χ0v) is 13.2. The summed E-state index contributed by atoms with van der Waals surface area (Å²) < 4.78 is 23.5. The first-order valence-electron chi connectivity index (χ1n) is 8.13. The smallest absolute Gasteiger partial charge is 0.303 e. The van der Waals surface area contributed by atoms with Crippen molar-refractivity contribution in [3.63, 3.8) is 0 Å². The molecule has 0 N–H and O–H groups in total. The maximum absolute atomic E-state index is 11.5. The highest BCUT2D eigenvalue weighted by molar-refractivity contribution is 5.76. The van der Waals surface area contributed by atoms with Crippen LogP contribution >= 0.6 is 0 Å². The van der Waals surface area contributed by atoms with Crippen molar-refractivity contribution in [3.8, 4) is 0 Å². The standard InChI is InChI=1S/C16H24O6/c1-10(17)8-12-14-15(13(9-19-12)20-11(2)18)22-16(21-14)6-4-3-5-7-16/h12-15H,3-9H2,1-2H3/t12-,13-,14-,15+/m0/s1. The van der Waals surface area contributed by atoms with Crippen LogP contribution in [-0.4, -0.2) is 48.6 Å². The second-order valence-corrected chi connectivity index (χ2v) is 6.56. The van der Waals surface area contributed by atoms with Gasteiger partial charge in [0, 0.05) is 26.2 Å². The predicted octanol–water partition coefficient (Wildman–Crippen LogP) is 1.74. The van der Waals surface area contributed by atoms with E-state index in [2.05, 4.69) is 0 Å². The topological polar surface area (TPSA) is 71.1 Å². The van der Waals surface area contributed by atoms with Crippen LogP contribution in [-0.2, 0) is 28.5 Å². The molecule has 0 amide bonds. The number of ether oxygens (including phenoxy) is 4.